The van der Waals surface area contributed by atoms with Crippen molar-refractivity contribution in [2.45, 2.75) is 11.8 Å². The van der Waals surface area contributed by atoms with Crippen molar-refractivity contribution in [3.8, 4) is 5.75 Å². The van der Waals surface area contributed by atoms with E-state index in [-0.39, 0.29) is 21.8 Å². The molecule has 11 heteroatoms. The van der Waals surface area contributed by atoms with Crippen LogP contribution >= 0.6 is 0 Å². The molecule has 0 aliphatic heterocycles. The van der Waals surface area contributed by atoms with Crippen LogP contribution in [0.4, 0.5) is 17.1 Å². The number of carbonyl (C=O) groups is 1. The zero-order chi connectivity index (χ0) is 24.2. The normalized spacial score (nSPS) is 11.5. The van der Waals surface area contributed by atoms with Crippen LogP contribution in [-0.4, -0.2) is 36.1 Å². The van der Waals surface area contributed by atoms with Crippen LogP contribution in [-0.2, 0) is 20.0 Å². The van der Waals surface area contributed by atoms with Gasteiger partial charge in [-0.15, -0.1) is 0 Å². The van der Waals surface area contributed by atoms with Crippen molar-refractivity contribution in [3.05, 3.63) is 77.9 Å². The molecular weight excluding hydrogens is 466 g/mol. The summed E-state index contributed by atoms with van der Waals surface area (Å²) in [6.45, 7) is 1.64. The molecule has 0 heterocycles. The third kappa shape index (κ3) is 6.24. The van der Waals surface area contributed by atoms with E-state index in [9.17, 15) is 21.6 Å². The van der Waals surface area contributed by atoms with Gasteiger partial charge in [0, 0.05) is 11.4 Å². The fraction of sp³-hybridized carbons (Fsp3) is 0.136. The molecule has 0 spiro atoms. The molecule has 174 valence electrons. The van der Waals surface area contributed by atoms with Gasteiger partial charge in [-0.1, -0.05) is 18.2 Å². The number of benzene rings is 3. The molecule has 3 N–H and O–H groups in total. The maximum Gasteiger partial charge on any atom is 0.262 e. The standard InChI is InChI=1S/C22H23N3O6S2/c1-15-8-9-17(23-22(26)19-6-4-5-7-20(19)25-32(3,27)28)14-21(15)33(29,30)24-16-10-12-18(31-2)13-11-16/h4-14,24-25H,1-3H3,(H,23,26). The number of hydrogen-bond donors (Lipinski definition) is 3. The van der Waals surface area contributed by atoms with E-state index in [1.807, 2.05) is 0 Å². The highest BCUT2D eigenvalue weighted by molar-refractivity contribution is 7.92. The zero-order valence-corrected chi connectivity index (χ0v) is 19.7. The van der Waals surface area contributed by atoms with Crippen LogP contribution in [0.15, 0.2) is 71.6 Å². The first-order valence-corrected chi connectivity index (χ1v) is 13.0. The molecule has 33 heavy (non-hydrogen) atoms. The lowest BCUT2D eigenvalue weighted by Crippen LogP contribution is -2.18. The van der Waals surface area contributed by atoms with Crippen LogP contribution in [0.25, 0.3) is 0 Å². The van der Waals surface area contributed by atoms with Gasteiger partial charge in [0.2, 0.25) is 10.0 Å². The van der Waals surface area contributed by atoms with Crippen molar-refractivity contribution in [2.24, 2.45) is 0 Å². The molecule has 0 aliphatic rings. The summed E-state index contributed by atoms with van der Waals surface area (Å²) in [5.74, 6) is -0.0125. The Bertz CT molecular complexity index is 1390. The maximum absolute atomic E-state index is 13.0. The number of para-hydroxylation sites is 1. The van der Waals surface area contributed by atoms with Gasteiger partial charge in [-0.2, -0.15) is 0 Å². The second-order valence-electron chi connectivity index (χ2n) is 7.19. The highest BCUT2D eigenvalue weighted by Crippen LogP contribution is 2.25. The lowest BCUT2D eigenvalue weighted by molar-refractivity contribution is 0.102. The summed E-state index contributed by atoms with van der Waals surface area (Å²) in [4.78, 5) is 12.8. The Labute approximate surface area is 192 Å². The molecule has 0 fully saturated rings. The molecule has 9 nitrogen and oxygen atoms in total. The first-order chi connectivity index (χ1) is 15.5. The van der Waals surface area contributed by atoms with E-state index < -0.39 is 26.0 Å². The quantitative estimate of drug-likeness (QED) is 0.444. The minimum absolute atomic E-state index is 0.0151. The summed E-state index contributed by atoms with van der Waals surface area (Å²) in [7, 11) is -6.04. The van der Waals surface area contributed by atoms with Crippen molar-refractivity contribution >= 4 is 43.0 Å². The van der Waals surface area contributed by atoms with Gasteiger partial charge in [0.15, 0.2) is 0 Å². The SMILES string of the molecule is COc1ccc(NS(=O)(=O)c2cc(NC(=O)c3ccccc3NS(C)(=O)=O)ccc2C)cc1. The number of amides is 1. The molecule has 3 aromatic carbocycles. The van der Waals surface area contributed by atoms with E-state index in [1.54, 1.807) is 55.5 Å². The minimum atomic E-state index is -3.95. The number of methoxy groups -OCH3 is 1. The number of rotatable bonds is 8. The van der Waals surface area contributed by atoms with Gasteiger partial charge in [-0.3, -0.25) is 14.2 Å². The maximum atomic E-state index is 13.0. The minimum Gasteiger partial charge on any atom is -0.497 e. The van der Waals surface area contributed by atoms with E-state index in [2.05, 4.69) is 14.8 Å². The number of ether oxygens (including phenoxy) is 1. The molecule has 0 aliphatic carbocycles. The average Bonchev–Trinajstić information content (AvgIpc) is 2.74. The van der Waals surface area contributed by atoms with E-state index in [4.69, 9.17) is 4.74 Å². The Balaban J connectivity index is 1.86. The monoisotopic (exact) mass is 489 g/mol. The van der Waals surface area contributed by atoms with Crippen LogP contribution in [0.2, 0.25) is 0 Å². The van der Waals surface area contributed by atoms with Crippen molar-refractivity contribution in [1.82, 2.24) is 0 Å². The smallest absolute Gasteiger partial charge is 0.262 e. The molecular formula is C22H23N3O6S2. The van der Waals surface area contributed by atoms with Crippen LogP contribution in [0, 0.1) is 6.92 Å². The number of anilines is 3. The Morgan fingerprint density at radius 1 is 0.848 bits per heavy atom. The van der Waals surface area contributed by atoms with E-state index >= 15 is 0 Å². The third-order valence-corrected chi connectivity index (χ3v) is 6.66. The Hall–Kier alpha value is -3.57. The van der Waals surface area contributed by atoms with Crippen LogP contribution in [0.1, 0.15) is 15.9 Å². The molecule has 3 rings (SSSR count). The van der Waals surface area contributed by atoms with Crippen molar-refractivity contribution < 1.29 is 26.4 Å². The Kier molecular flexibility index (Phi) is 6.94. The first kappa shape index (κ1) is 24.1. The predicted octanol–water partition coefficient (Wildman–Crippen LogP) is 3.43. The van der Waals surface area contributed by atoms with Gasteiger partial charge in [-0.25, -0.2) is 16.8 Å². The highest BCUT2D eigenvalue weighted by atomic mass is 32.2. The largest absolute Gasteiger partial charge is 0.497 e. The second-order valence-corrected chi connectivity index (χ2v) is 10.6. The molecule has 0 bridgehead atoms. The van der Waals surface area contributed by atoms with Crippen molar-refractivity contribution in [1.29, 1.82) is 0 Å². The molecule has 3 aromatic rings. The van der Waals surface area contributed by atoms with Crippen LogP contribution in [0.3, 0.4) is 0 Å². The van der Waals surface area contributed by atoms with Gasteiger partial charge in [0.05, 0.1) is 29.5 Å². The summed E-state index contributed by atoms with van der Waals surface area (Å²) < 4.78 is 59.0. The summed E-state index contributed by atoms with van der Waals surface area (Å²) in [6.07, 6.45) is 0.981. The highest BCUT2D eigenvalue weighted by Gasteiger charge is 2.19. The van der Waals surface area contributed by atoms with Gasteiger partial charge >= 0.3 is 0 Å². The molecule has 0 saturated heterocycles. The fourth-order valence-corrected chi connectivity index (χ4v) is 4.91. The average molecular weight is 490 g/mol. The molecule has 0 saturated carbocycles. The number of hydrogen-bond acceptors (Lipinski definition) is 6. The van der Waals surface area contributed by atoms with Crippen LogP contribution in [0.5, 0.6) is 5.75 Å². The lowest BCUT2D eigenvalue weighted by atomic mass is 10.1. The fourth-order valence-electron chi connectivity index (χ4n) is 3.00. The molecule has 0 unspecified atom stereocenters. The molecule has 0 atom stereocenters. The molecule has 1 amide bonds. The van der Waals surface area contributed by atoms with E-state index in [0.717, 1.165) is 6.26 Å². The summed E-state index contributed by atoms with van der Waals surface area (Å²) >= 11 is 0. The van der Waals surface area contributed by atoms with Crippen LogP contribution < -0.4 is 19.5 Å². The van der Waals surface area contributed by atoms with Crippen molar-refractivity contribution in [2.75, 3.05) is 28.1 Å². The first-order valence-electron chi connectivity index (χ1n) is 9.64. The van der Waals surface area contributed by atoms with Gasteiger partial charge in [-0.05, 0) is 61.0 Å². The van der Waals surface area contributed by atoms with Gasteiger partial charge in [0.25, 0.3) is 15.9 Å². The van der Waals surface area contributed by atoms with E-state index in [1.165, 1.54) is 25.3 Å². The summed E-state index contributed by atoms with van der Waals surface area (Å²) in [6, 6.07) is 17.0. The lowest BCUT2D eigenvalue weighted by Gasteiger charge is -2.14. The number of carbonyl (C=O) groups excluding carboxylic acids is 1. The van der Waals surface area contributed by atoms with Gasteiger partial charge < -0.3 is 10.1 Å². The van der Waals surface area contributed by atoms with Gasteiger partial charge in [0.1, 0.15) is 5.75 Å². The second kappa shape index (κ2) is 9.51. The molecule has 0 radical (unpaired) electrons. The zero-order valence-electron chi connectivity index (χ0n) is 18.1. The summed E-state index contributed by atoms with van der Waals surface area (Å²) in [5, 5.41) is 2.62. The number of aryl methyl sites for hydroxylation is 1. The van der Waals surface area contributed by atoms with E-state index in [0.29, 0.717) is 17.0 Å². The topological polar surface area (TPSA) is 131 Å². The third-order valence-electron chi connectivity index (χ3n) is 4.54. The summed E-state index contributed by atoms with van der Waals surface area (Å²) in [5.41, 5.74) is 1.26. The molecule has 0 aromatic heterocycles. The predicted molar refractivity (Wildman–Crippen MR) is 128 cm³/mol. The van der Waals surface area contributed by atoms with Crippen molar-refractivity contribution in [3.63, 3.8) is 0 Å². The Morgan fingerprint density at radius 2 is 1.48 bits per heavy atom. The number of sulfonamides is 2. The number of nitrogens with one attached hydrogen (secondary N) is 3. The Morgan fingerprint density at radius 3 is 2.12 bits per heavy atom.